The Morgan fingerprint density at radius 2 is 1.94 bits per heavy atom. The number of hydrogen-bond donors (Lipinski definition) is 3. The molecule has 1 aromatic heterocycles. The standard InChI is InChI=1S/C25H35N5O3/c1-17(2)27-25(33)24-21-15-19(4-3-18-7-11-26-12-8-18)5-6-22(21)30(28-24)20-9-13-29(14-10-20)16-23(31)32/h3-6,15,17-18,20,26H,7-14,16H2,1-2H3,(H,27,33)(H,31,32). The maximum Gasteiger partial charge on any atom is 0.317 e. The molecule has 0 atom stereocenters. The highest BCUT2D eigenvalue weighted by Gasteiger charge is 2.26. The highest BCUT2D eigenvalue weighted by atomic mass is 16.4. The Kier molecular flexibility index (Phi) is 7.45. The van der Waals surface area contributed by atoms with Gasteiger partial charge >= 0.3 is 5.97 Å². The average Bonchev–Trinajstić information content (AvgIpc) is 3.17. The molecule has 178 valence electrons. The van der Waals surface area contributed by atoms with Crippen molar-refractivity contribution in [2.75, 3.05) is 32.7 Å². The molecule has 0 aliphatic carbocycles. The van der Waals surface area contributed by atoms with Crippen molar-refractivity contribution < 1.29 is 14.7 Å². The number of aliphatic carboxylic acids is 1. The van der Waals surface area contributed by atoms with E-state index >= 15 is 0 Å². The fraction of sp³-hybridized carbons (Fsp3) is 0.560. The minimum Gasteiger partial charge on any atom is -0.480 e. The van der Waals surface area contributed by atoms with Crippen LogP contribution in [0.3, 0.4) is 0 Å². The Morgan fingerprint density at radius 3 is 2.61 bits per heavy atom. The van der Waals surface area contributed by atoms with Crippen LogP contribution in [0.25, 0.3) is 17.0 Å². The first kappa shape index (κ1) is 23.4. The lowest BCUT2D eigenvalue weighted by Gasteiger charge is -2.31. The average molecular weight is 454 g/mol. The summed E-state index contributed by atoms with van der Waals surface area (Å²) in [6, 6.07) is 6.42. The number of nitrogens with zero attached hydrogens (tertiary/aromatic N) is 3. The van der Waals surface area contributed by atoms with Gasteiger partial charge in [-0.25, -0.2) is 0 Å². The monoisotopic (exact) mass is 453 g/mol. The van der Waals surface area contributed by atoms with E-state index in [1.807, 2.05) is 23.4 Å². The van der Waals surface area contributed by atoms with Crippen LogP contribution < -0.4 is 10.6 Å². The van der Waals surface area contributed by atoms with E-state index in [0.717, 1.165) is 55.2 Å². The molecule has 0 spiro atoms. The van der Waals surface area contributed by atoms with Gasteiger partial charge in [-0.1, -0.05) is 18.2 Å². The number of benzene rings is 1. The fourth-order valence-corrected chi connectivity index (χ4v) is 4.84. The fourth-order valence-electron chi connectivity index (χ4n) is 4.84. The highest BCUT2D eigenvalue weighted by Crippen LogP contribution is 2.29. The number of nitrogens with one attached hydrogen (secondary N) is 2. The van der Waals surface area contributed by atoms with Crippen LogP contribution in [0.1, 0.15) is 61.6 Å². The summed E-state index contributed by atoms with van der Waals surface area (Å²) < 4.78 is 1.99. The molecule has 0 unspecified atom stereocenters. The minimum atomic E-state index is -0.796. The Bertz CT molecular complexity index is 1010. The number of fused-ring (bicyclic) bond motifs is 1. The Hall–Kier alpha value is -2.71. The van der Waals surface area contributed by atoms with Gasteiger partial charge in [-0.3, -0.25) is 19.2 Å². The van der Waals surface area contributed by atoms with E-state index in [0.29, 0.717) is 24.7 Å². The van der Waals surface area contributed by atoms with Crippen molar-refractivity contribution in [1.82, 2.24) is 25.3 Å². The van der Waals surface area contributed by atoms with Gasteiger partial charge in [0.25, 0.3) is 5.91 Å². The molecule has 8 nitrogen and oxygen atoms in total. The van der Waals surface area contributed by atoms with Crippen molar-refractivity contribution in [3.63, 3.8) is 0 Å². The number of carbonyl (C=O) groups is 2. The zero-order valence-electron chi connectivity index (χ0n) is 19.6. The summed E-state index contributed by atoms with van der Waals surface area (Å²) >= 11 is 0. The van der Waals surface area contributed by atoms with E-state index < -0.39 is 5.97 Å². The first-order valence-electron chi connectivity index (χ1n) is 12.1. The van der Waals surface area contributed by atoms with Crippen LogP contribution in [0, 0.1) is 5.92 Å². The van der Waals surface area contributed by atoms with E-state index in [4.69, 9.17) is 10.2 Å². The van der Waals surface area contributed by atoms with Gasteiger partial charge in [0.05, 0.1) is 18.1 Å². The number of allylic oxidation sites excluding steroid dienone is 1. The molecular formula is C25H35N5O3. The van der Waals surface area contributed by atoms with Crippen molar-refractivity contribution in [2.24, 2.45) is 5.92 Å². The number of likely N-dealkylation sites (tertiary alicyclic amines) is 1. The molecule has 0 bridgehead atoms. The third kappa shape index (κ3) is 5.81. The van der Waals surface area contributed by atoms with E-state index in [9.17, 15) is 9.59 Å². The molecular weight excluding hydrogens is 418 g/mol. The SMILES string of the molecule is CC(C)NC(=O)c1nn(C2CCN(CC(=O)O)CC2)c2ccc(C=CC3CCNCC3)cc12. The lowest BCUT2D eigenvalue weighted by Crippen LogP contribution is -2.38. The summed E-state index contributed by atoms with van der Waals surface area (Å²) in [6.07, 6.45) is 8.39. The van der Waals surface area contributed by atoms with Crippen molar-refractivity contribution >= 4 is 28.9 Å². The number of piperidine rings is 2. The number of carboxylic acid groups (broad SMARTS) is 1. The molecule has 2 aromatic rings. The number of carboxylic acids is 1. The molecule has 2 saturated heterocycles. The molecule has 3 heterocycles. The van der Waals surface area contributed by atoms with Gasteiger partial charge in [0.15, 0.2) is 5.69 Å². The summed E-state index contributed by atoms with van der Waals surface area (Å²) in [4.78, 5) is 26.0. The third-order valence-electron chi connectivity index (χ3n) is 6.57. The molecule has 1 aromatic carbocycles. The molecule has 8 heteroatoms. The quantitative estimate of drug-likeness (QED) is 0.596. The van der Waals surface area contributed by atoms with Gasteiger partial charge in [-0.05, 0) is 76.2 Å². The highest BCUT2D eigenvalue weighted by molar-refractivity contribution is 6.05. The van der Waals surface area contributed by atoms with Crippen LogP contribution >= 0.6 is 0 Å². The summed E-state index contributed by atoms with van der Waals surface area (Å²) in [5.41, 5.74) is 2.50. The van der Waals surface area contributed by atoms with Gasteiger partial charge < -0.3 is 15.7 Å². The molecule has 4 rings (SSSR count). The smallest absolute Gasteiger partial charge is 0.317 e. The van der Waals surface area contributed by atoms with Crippen LogP contribution in [0.2, 0.25) is 0 Å². The first-order chi connectivity index (χ1) is 15.9. The summed E-state index contributed by atoms with van der Waals surface area (Å²) in [7, 11) is 0. The lowest BCUT2D eigenvalue weighted by molar-refractivity contribution is -0.138. The van der Waals surface area contributed by atoms with Gasteiger partial charge in [0, 0.05) is 24.5 Å². The van der Waals surface area contributed by atoms with Crippen LogP contribution in [0.5, 0.6) is 0 Å². The number of rotatable bonds is 7. The second-order valence-corrected chi connectivity index (χ2v) is 9.55. The van der Waals surface area contributed by atoms with E-state index in [2.05, 4.69) is 41.0 Å². The molecule has 0 saturated carbocycles. The summed E-state index contributed by atoms with van der Waals surface area (Å²) in [5.74, 6) is -0.364. The number of aromatic nitrogens is 2. The molecule has 2 aliphatic rings. The normalized spacial score (nSPS) is 19.0. The summed E-state index contributed by atoms with van der Waals surface area (Å²) in [6.45, 7) is 7.51. The molecule has 0 radical (unpaired) electrons. The second-order valence-electron chi connectivity index (χ2n) is 9.55. The number of carbonyl (C=O) groups excluding carboxylic acids is 1. The maximum atomic E-state index is 13.0. The van der Waals surface area contributed by atoms with Crippen molar-refractivity contribution in [1.29, 1.82) is 0 Å². The van der Waals surface area contributed by atoms with Gasteiger partial charge in [0.2, 0.25) is 0 Å². The van der Waals surface area contributed by atoms with E-state index in [-0.39, 0.29) is 24.5 Å². The predicted molar refractivity (Wildman–Crippen MR) is 129 cm³/mol. The Balaban J connectivity index is 1.61. The molecule has 33 heavy (non-hydrogen) atoms. The zero-order chi connectivity index (χ0) is 23.4. The lowest BCUT2D eigenvalue weighted by atomic mass is 9.96. The van der Waals surface area contributed by atoms with Crippen LogP contribution in [-0.4, -0.2) is 70.4 Å². The van der Waals surface area contributed by atoms with E-state index in [1.165, 1.54) is 0 Å². The van der Waals surface area contributed by atoms with Gasteiger partial charge in [-0.2, -0.15) is 5.10 Å². The maximum absolute atomic E-state index is 13.0. The predicted octanol–water partition coefficient (Wildman–Crippen LogP) is 2.91. The van der Waals surface area contributed by atoms with Gasteiger partial charge in [-0.15, -0.1) is 0 Å². The van der Waals surface area contributed by atoms with Crippen LogP contribution in [0.4, 0.5) is 0 Å². The van der Waals surface area contributed by atoms with Crippen molar-refractivity contribution in [3.05, 3.63) is 35.5 Å². The molecule has 2 fully saturated rings. The topological polar surface area (TPSA) is 99.5 Å². The number of amides is 1. The second kappa shape index (κ2) is 10.5. The first-order valence-corrected chi connectivity index (χ1v) is 12.1. The third-order valence-corrected chi connectivity index (χ3v) is 6.57. The van der Waals surface area contributed by atoms with Crippen LogP contribution in [-0.2, 0) is 4.79 Å². The minimum absolute atomic E-state index is 0.0277. The largest absolute Gasteiger partial charge is 0.480 e. The zero-order valence-corrected chi connectivity index (χ0v) is 19.6. The molecule has 2 aliphatic heterocycles. The van der Waals surface area contributed by atoms with E-state index in [1.54, 1.807) is 0 Å². The summed E-state index contributed by atoms with van der Waals surface area (Å²) in [5, 5.41) is 21.1. The molecule has 1 amide bonds. The Labute approximate surface area is 195 Å². The van der Waals surface area contributed by atoms with Crippen LogP contribution in [0.15, 0.2) is 24.3 Å². The van der Waals surface area contributed by atoms with Crippen molar-refractivity contribution in [2.45, 2.75) is 51.6 Å². The Morgan fingerprint density at radius 1 is 1.21 bits per heavy atom. The van der Waals surface area contributed by atoms with Crippen molar-refractivity contribution in [3.8, 4) is 0 Å². The number of hydrogen-bond acceptors (Lipinski definition) is 5. The van der Waals surface area contributed by atoms with Gasteiger partial charge in [0.1, 0.15) is 0 Å². The molecule has 3 N–H and O–H groups in total.